The van der Waals surface area contributed by atoms with E-state index in [1.807, 2.05) is 24.3 Å². The summed E-state index contributed by atoms with van der Waals surface area (Å²) in [7, 11) is 0. The molecule has 0 heterocycles. The molecule has 0 bridgehead atoms. The van der Waals surface area contributed by atoms with Gasteiger partial charge < -0.3 is 15.4 Å². The number of carbonyl (C=O) groups is 1. The Hall–Kier alpha value is -1.26. The molecule has 22 heavy (non-hydrogen) atoms. The Bertz CT molecular complexity index is 444. The van der Waals surface area contributed by atoms with Crippen LogP contribution < -0.4 is 10.6 Å². The molecule has 1 saturated carbocycles. The van der Waals surface area contributed by atoms with E-state index in [0.29, 0.717) is 24.2 Å². The van der Waals surface area contributed by atoms with Gasteiger partial charge in [0.25, 0.3) is 0 Å². The van der Waals surface area contributed by atoms with E-state index in [-0.39, 0.29) is 6.03 Å². The summed E-state index contributed by atoms with van der Waals surface area (Å²) in [6, 6.07) is 7.30. The topological polar surface area (TPSA) is 50.4 Å². The van der Waals surface area contributed by atoms with Gasteiger partial charge in [-0.2, -0.15) is 0 Å². The van der Waals surface area contributed by atoms with Crippen LogP contribution in [0.2, 0.25) is 5.02 Å². The summed E-state index contributed by atoms with van der Waals surface area (Å²) in [6.07, 6.45) is 7.59. The standard InChI is InChI=1S/C17H25ClN2O2/c18-15-9-7-14(8-10-15)13-20-17(21)19-11-4-12-22-16-5-2-1-3-6-16/h7-10,16H,1-6,11-13H2,(H2,19,20,21). The minimum absolute atomic E-state index is 0.146. The van der Waals surface area contributed by atoms with E-state index in [0.717, 1.165) is 18.6 Å². The molecule has 0 unspecified atom stereocenters. The van der Waals surface area contributed by atoms with E-state index in [2.05, 4.69) is 10.6 Å². The predicted octanol–water partition coefficient (Wildman–Crippen LogP) is 3.88. The zero-order valence-electron chi connectivity index (χ0n) is 12.9. The summed E-state index contributed by atoms with van der Waals surface area (Å²) in [4.78, 5) is 11.7. The van der Waals surface area contributed by atoms with Crippen molar-refractivity contribution < 1.29 is 9.53 Å². The summed E-state index contributed by atoms with van der Waals surface area (Å²) < 4.78 is 5.82. The number of ether oxygens (including phenoxy) is 1. The van der Waals surface area contributed by atoms with Gasteiger partial charge in [0, 0.05) is 24.7 Å². The number of rotatable bonds is 7. The zero-order chi connectivity index (χ0) is 15.6. The van der Waals surface area contributed by atoms with Crippen LogP contribution in [0.15, 0.2) is 24.3 Å². The number of hydrogen-bond acceptors (Lipinski definition) is 2. The largest absolute Gasteiger partial charge is 0.378 e. The molecule has 4 nitrogen and oxygen atoms in total. The maximum absolute atomic E-state index is 11.7. The average molecular weight is 325 g/mol. The lowest BCUT2D eigenvalue weighted by Gasteiger charge is -2.21. The van der Waals surface area contributed by atoms with Gasteiger partial charge in [-0.15, -0.1) is 0 Å². The normalized spacial score (nSPS) is 15.5. The van der Waals surface area contributed by atoms with Crippen molar-refractivity contribution in [1.29, 1.82) is 0 Å². The minimum Gasteiger partial charge on any atom is -0.378 e. The molecular weight excluding hydrogens is 300 g/mol. The van der Waals surface area contributed by atoms with Crippen molar-refractivity contribution >= 4 is 17.6 Å². The summed E-state index contributed by atoms with van der Waals surface area (Å²) in [5.74, 6) is 0. The molecule has 0 aliphatic heterocycles. The molecule has 122 valence electrons. The van der Waals surface area contributed by atoms with Gasteiger partial charge in [-0.1, -0.05) is 43.0 Å². The first-order valence-electron chi connectivity index (χ1n) is 8.12. The third-order valence-electron chi connectivity index (χ3n) is 3.88. The van der Waals surface area contributed by atoms with Crippen LogP contribution in [0.3, 0.4) is 0 Å². The molecule has 0 radical (unpaired) electrons. The molecule has 2 rings (SSSR count). The summed E-state index contributed by atoms with van der Waals surface area (Å²) >= 11 is 5.82. The molecule has 1 aromatic carbocycles. The third-order valence-corrected chi connectivity index (χ3v) is 4.13. The van der Waals surface area contributed by atoms with Crippen LogP contribution in [0, 0.1) is 0 Å². The maximum Gasteiger partial charge on any atom is 0.315 e. The number of urea groups is 1. The van der Waals surface area contributed by atoms with E-state index in [1.54, 1.807) is 0 Å². The zero-order valence-corrected chi connectivity index (χ0v) is 13.7. The smallest absolute Gasteiger partial charge is 0.315 e. The second kappa shape index (κ2) is 9.70. The quantitative estimate of drug-likeness (QED) is 0.748. The summed E-state index contributed by atoms with van der Waals surface area (Å²) in [6.45, 7) is 1.86. The number of halogens is 1. The summed E-state index contributed by atoms with van der Waals surface area (Å²) in [5, 5.41) is 6.37. The third kappa shape index (κ3) is 6.67. The second-order valence-electron chi connectivity index (χ2n) is 5.72. The van der Waals surface area contributed by atoms with Crippen LogP contribution >= 0.6 is 11.6 Å². The first kappa shape index (κ1) is 17.1. The Morgan fingerprint density at radius 2 is 1.86 bits per heavy atom. The minimum atomic E-state index is -0.146. The highest BCUT2D eigenvalue weighted by molar-refractivity contribution is 6.30. The Kier molecular flexibility index (Phi) is 7.54. The van der Waals surface area contributed by atoms with E-state index in [9.17, 15) is 4.79 Å². The highest BCUT2D eigenvalue weighted by Crippen LogP contribution is 2.20. The number of amides is 2. The molecule has 1 aliphatic carbocycles. The van der Waals surface area contributed by atoms with Crippen LogP contribution in [-0.2, 0) is 11.3 Å². The molecule has 0 atom stereocenters. The fourth-order valence-electron chi connectivity index (χ4n) is 2.60. The van der Waals surface area contributed by atoms with Crippen molar-refractivity contribution in [3.8, 4) is 0 Å². The van der Waals surface area contributed by atoms with Crippen molar-refractivity contribution in [2.75, 3.05) is 13.2 Å². The highest BCUT2D eigenvalue weighted by atomic mass is 35.5. The lowest BCUT2D eigenvalue weighted by atomic mass is 9.98. The Balaban J connectivity index is 1.49. The van der Waals surface area contributed by atoms with E-state index in [1.165, 1.54) is 32.1 Å². The Morgan fingerprint density at radius 3 is 2.59 bits per heavy atom. The number of hydrogen-bond donors (Lipinski definition) is 2. The van der Waals surface area contributed by atoms with Crippen molar-refractivity contribution in [2.24, 2.45) is 0 Å². The van der Waals surface area contributed by atoms with Gasteiger partial charge in [-0.25, -0.2) is 4.79 Å². The molecule has 1 aliphatic rings. The Morgan fingerprint density at radius 1 is 1.14 bits per heavy atom. The molecular formula is C17H25ClN2O2. The van der Waals surface area contributed by atoms with Gasteiger partial charge in [0.2, 0.25) is 0 Å². The van der Waals surface area contributed by atoms with Crippen LogP contribution in [0.25, 0.3) is 0 Å². The van der Waals surface area contributed by atoms with Crippen molar-refractivity contribution in [3.63, 3.8) is 0 Å². The SMILES string of the molecule is O=C(NCCCOC1CCCCC1)NCc1ccc(Cl)cc1. The van der Waals surface area contributed by atoms with E-state index >= 15 is 0 Å². The van der Waals surface area contributed by atoms with Crippen molar-refractivity contribution in [3.05, 3.63) is 34.9 Å². The maximum atomic E-state index is 11.7. The van der Waals surface area contributed by atoms with Crippen LogP contribution in [-0.4, -0.2) is 25.3 Å². The number of nitrogens with one attached hydrogen (secondary N) is 2. The van der Waals surface area contributed by atoms with Gasteiger partial charge in [-0.05, 0) is 37.0 Å². The highest BCUT2D eigenvalue weighted by Gasteiger charge is 2.12. The molecule has 1 aromatic rings. The monoisotopic (exact) mass is 324 g/mol. The lowest BCUT2D eigenvalue weighted by Crippen LogP contribution is -2.36. The van der Waals surface area contributed by atoms with Gasteiger partial charge in [-0.3, -0.25) is 0 Å². The first-order chi connectivity index (χ1) is 10.7. The van der Waals surface area contributed by atoms with Crippen LogP contribution in [0.5, 0.6) is 0 Å². The molecule has 2 amide bonds. The first-order valence-corrected chi connectivity index (χ1v) is 8.49. The van der Waals surface area contributed by atoms with E-state index < -0.39 is 0 Å². The molecule has 1 fully saturated rings. The molecule has 0 spiro atoms. The van der Waals surface area contributed by atoms with Crippen molar-refractivity contribution in [1.82, 2.24) is 10.6 Å². The van der Waals surface area contributed by atoms with Crippen LogP contribution in [0.4, 0.5) is 4.79 Å². The second-order valence-corrected chi connectivity index (χ2v) is 6.16. The summed E-state index contributed by atoms with van der Waals surface area (Å²) in [5.41, 5.74) is 1.03. The fraction of sp³-hybridized carbons (Fsp3) is 0.588. The lowest BCUT2D eigenvalue weighted by molar-refractivity contribution is 0.0275. The molecule has 0 aromatic heterocycles. The van der Waals surface area contributed by atoms with Gasteiger partial charge >= 0.3 is 6.03 Å². The molecule has 5 heteroatoms. The van der Waals surface area contributed by atoms with Crippen molar-refractivity contribution in [2.45, 2.75) is 51.2 Å². The van der Waals surface area contributed by atoms with Gasteiger partial charge in [0.05, 0.1) is 6.10 Å². The number of carbonyl (C=O) groups excluding carboxylic acids is 1. The molecule has 0 saturated heterocycles. The van der Waals surface area contributed by atoms with Gasteiger partial charge in [0.1, 0.15) is 0 Å². The predicted molar refractivity (Wildman–Crippen MR) is 89.1 cm³/mol. The molecule has 2 N–H and O–H groups in total. The van der Waals surface area contributed by atoms with Crippen LogP contribution in [0.1, 0.15) is 44.1 Å². The Labute approximate surface area is 137 Å². The van der Waals surface area contributed by atoms with Gasteiger partial charge in [0.15, 0.2) is 0 Å². The number of benzene rings is 1. The van der Waals surface area contributed by atoms with E-state index in [4.69, 9.17) is 16.3 Å². The fourth-order valence-corrected chi connectivity index (χ4v) is 2.73. The average Bonchev–Trinajstić information content (AvgIpc) is 2.55.